The number of rotatable bonds is 4. The van der Waals surface area contributed by atoms with Gasteiger partial charge in [-0.25, -0.2) is 9.38 Å². The second-order valence-electron chi connectivity index (χ2n) is 2.93. The Labute approximate surface area is 75.9 Å². The van der Waals surface area contributed by atoms with Crippen molar-refractivity contribution in [2.75, 3.05) is 0 Å². The van der Waals surface area contributed by atoms with Gasteiger partial charge in [-0.15, -0.1) is 0 Å². The first kappa shape index (κ1) is 11.9. The molecule has 0 bridgehead atoms. The van der Waals surface area contributed by atoms with Crippen molar-refractivity contribution in [2.45, 2.75) is 25.6 Å². The van der Waals surface area contributed by atoms with Crippen LogP contribution in [0.4, 0.5) is 8.78 Å². The highest BCUT2D eigenvalue weighted by atomic mass is 19.1. The summed E-state index contributed by atoms with van der Waals surface area (Å²) in [7, 11) is 0. The lowest BCUT2D eigenvalue weighted by molar-refractivity contribution is 0.459. The minimum absolute atomic E-state index is 0.825. The molecular weight excluding hydrogens is 176 g/mol. The first-order valence-electron chi connectivity index (χ1n) is 3.74. The molecule has 0 spiro atoms. The third-order valence-electron chi connectivity index (χ3n) is 1.14. The topological polar surface area (TPSA) is 62.2 Å². The van der Waals surface area contributed by atoms with Crippen molar-refractivity contribution in [3.63, 3.8) is 0 Å². The van der Waals surface area contributed by atoms with Crippen molar-refractivity contribution in [3.05, 3.63) is 12.0 Å². The van der Waals surface area contributed by atoms with Crippen LogP contribution in [0.25, 0.3) is 0 Å². The van der Waals surface area contributed by atoms with E-state index in [2.05, 4.69) is 4.99 Å². The van der Waals surface area contributed by atoms with Crippen LogP contribution in [-0.4, -0.2) is 24.1 Å². The summed E-state index contributed by atoms with van der Waals surface area (Å²) >= 11 is 0. The molecule has 0 aromatic rings. The largest absolute Gasteiger partial charge is 0.318 e. The average Bonchev–Trinajstić information content (AvgIpc) is 2.00. The molecule has 0 aromatic carbocycles. The maximum atomic E-state index is 12.8. The molecular formula is C8H13F2N3. The van der Waals surface area contributed by atoms with Gasteiger partial charge in [-0.05, 0) is 19.9 Å². The second kappa shape index (κ2) is 4.81. The molecule has 74 valence electrons. The van der Waals surface area contributed by atoms with E-state index >= 15 is 0 Å². The molecule has 0 heterocycles. The van der Waals surface area contributed by atoms with E-state index in [-0.39, 0.29) is 0 Å². The smallest absolute Gasteiger partial charge is 0.210 e. The zero-order valence-corrected chi connectivity index (χ0v) is 7.59. The Bertz CT molecular complexity index is 232. The Balaban J connectivity index is 4.41. The van der Waals surface area contributed by atoms with Crippen LogP contribution in [0.3, 0.4) is 0 Å². The molecule has 0 aliphatic carbocycles. The van der Waals surface area contributed by atoms with Crippen LogP contribution in [0, 0.1) is 5.41 Å². The summed E-state index contributed by atoms with van der Waals surface area (Å²) in [6.07, 6.45) is 1.34. The van der Waals surface area contributed by atoms with Crippen LogP contribution in [-0.2, 0) is 0 Å². The maximum Gasteiger partial charge on any atom is 0.210 e. The monoisotopic (exact) mass is 189 g/mol. The van der Waals surface area contributed by atoms with E-state index in [0.29, 0.717) is 0 Å². The lowest BCUT2D eigenvalue weighted by Crippen LogP contribution is -2.35. The van der Waals surface area contributed by atoms with E-state index in [1.807, 2.05) is 0 Å². The lowest BCUT2D eigenvalue weighted by atomic mass is 10.1. The summed E-state index contributed by atoms with van der Waals surface area (Å²) in [5, 5.41) is 6.83. The fraction of sp³-hybridized carbons (Fsp3) is 0.500. The highest BCUT2D eigenvalue weighted by Gasteiger charge is 2.12. The van der Waals surface area contributed by atoms with Crippen molar-refractivity contribution < 1.29 is 8.78 Å². The first-order chi connectivity index (χ1) is 5.87. The van der Waals surface area contributed by atoms with Gasteiger partial charge in [0.05, 0.1) is 5.54 Å². The number of nitrogens with zero attached hydrogens (tertiary/aromatic N) is 1. The quantitative estimate of drug-likeness (QED) is 0.512. The normalized spacial score (nSPS) is 19.9. The Hall–Kier alpha value is -1.10. The van der Waals surface area contributed by atoms with Gasteiger partial charge in [0.1, 0.15) is 6.17 Å². The lowest BCUT2D eigenvalue weighted by Gasteiger charge is -2.11. The fourth-order valence-electron chi connectivity index (χ4n) is 0.509. The van der Waals surface area contributed by atoms with E-state index in [1.54, 1.807) is 0 Å². The highest BCUT2D eigenvalue weighted by molar-refractivity contribution is 5.70. The molecule has 3 nitrogen and oxygen atoms in total. The molecule has 3 N–H and O–H groups in total. The number of alkyl halides is 1. The van der Waals surface area contributed by atoms with Crippen LogP contribution in [0.2, 0.25) is 0 Å². The third kappa shape index (κ3) is 6.10. The van der Waals surface area contributed by atoms with Crippen LogP contribution < -0.4 is 5.73 Å². The fourth-order valence-corrected chi connectivity index (χ4v) is 0.509. The van der Waals surface area contributed by atoms with Gasteiger partial charge in [0.15, 0.2) is 0 Å². The van der Waals surface area contributed by atoms with Gasteiger partial charge in [-0.1, -0.05) is 0 Å². The highest BCUT2D eigenvalue weighted by Crippen LogP contribution is 2.06. The van der Waals surface area contributed by atoms with E-state index in [4.69, 9.17) is 11.1 Å². The van der Waals surface area contributed by atoms with Gasteiger partial charge in [0.25, 0.3) is 0 Å². The zero-order valence-electron chi connectivity index (χ0n) is 7.59. The molecule has 0 aliphatic rings. The van der Waals surface area contributed by atoms with Gasteiger partial charge < -0.3 is 11.1 Å². The molecule has 13 heavy (non-hydrogen) atoms. The summed E-state index contributed by atoms with van der Waals surface area (Å²) in [6.45, 7) is 2.67. The minimum Gasteiger partial charge on any atom is -0.318 e. The van der Waals surface area contributed by atoms with E-state index in [9.17, 15) is 8.78 Å². The second-order valence-corrected chi connectivity index (χ2v) is 2.93. The molecule has 5 heteroatoms. The number of nitrogens with two attached hydrogens (primary N) is 1. The Morgan fingerprint density at radius 1 is 1.69 bits per heavy atom. The SMILES string of the molecule is CC(F)/C=N\C(F)=C/C(C)(N)C=N. The maximum absolute atomic E-state index is 12.8. The molecule has 0 saturated carbocycles. The number of hydrogen-bond acceptors (Lipinski definition) is 3. The van der Waals surface area contributed by atoms with E-state index in [0.717, 1.165) is 18.5 Å². The zero-order chi connectivity index (χ0) is 10.5. The molecule has 0 amide bonds. The molecule has 2 unspecified atom stereocenters. The molecule has 0 aliphatic heterocycles. The Kier molecular flexibility index (Phi) is 4.40. The third-order valence-corrected chi connectivity index (χ3v) is 1.14. The molecule has 0 fully saturated rings. The predicted octanol–water partition coefficient (Wildman–Crippen LogP) is 1.59. The molecule has 0 saturated heterocycles. The first-order valence-corrected chi connectivity index (χ1v) is 3.74. The number of hydrogen-bond donors (Lipinski definition) is 2. The predicted molar refractivity (Wildman–Crippen MR) is 49.6 cm³/mol. The molecule has 2 atom stereocenters. The Morgan fingerprint density at radius 3 is 2.62 bits per heavy atom. The summed E-state index contributed by atoms with van der Waals surface area (Å²) in [5.41, 5.74) is 4.22. The van der Waals surface area contributed by atoms with Gasteiger partial charge in [0.2, 0.25) is 5.95 Å². The summed E-state index contributed by atoms with van der Waals surface area (Å²) in [4.78, 5) is 3.17. The van der Waals surface area contributed by atoms with Crippen molar-refractivity contribution >= 4 is 12.4 Å². The molecule has 0 rings (SSSR count). The summed E-state index contributed by atoms with van der Waals surface area (Å²) in [5.74, 6) is -0.891. The van der Waals surface area contributed by atoms with E-state index in [1.165, 1.54) is 13.8 Å². The van der Waals surface area contributed by atoms with Crippen LogP contribution in [0.5, 0.6) is 0 Å². The van der Waals surface area contributed by atoms with Crippen molar-refractivity contribution in [2.24, 2.45) is 10.7 Å². The van der Waals surface area contributed by atoms with Gasteiger partial charge in [-0.2, -0.15) is 4.39 Å². The van der Waals surface area contributed by atoms with Gasteiger partial charge in [0, 0.05) is 12.4 Å². The Morgan fingerprint density at radius 2 is 2.23 bits per heavy atom. The number of nitrogens with one attached hydrogen (secondary N) is 1. The van der Waals surface area contributed by atoms with Crippen LogP contribution >= 0.6 is 0 Å². The molecule has 0 radical (unpaired) electrons. The van der Waals surface area contributed by atoms with Crippen molar-refractivity contribution in [1.82, 2.24) is 0 Å². The van der Waals surface area contributed by atoms with Crippen LogP contribution in [0.15, 0.2) is 17.0 Å². The average molecular weight is 189 g/mol. The van der Waals surface area contributed by atoms with Crippen molar-refractivity contribution in [3.8, 4) is 0 Å². The van der Waals surface area contributed by atoms with E-state index < -0.39 is 17.7 Å². The summed E-state index contributed by atoms with van der Waals surface area (Å²) < 4.78 is 24.9. The molecule has 0 aromatic heterocycles. The summed E-state index contributed by atoms with van der Waals surface area (Å²) in [6, 6.07) is 0. The van der Waals surface area contributed by atoms with Crippen LogP contribution in [0.1, 0.15) is 13.8 Å². The van der Waals surface area contributed by atoms with Gasteiger partial charge in [-0.3, -0.25) is 0 Å². The number of halogens is 2. The minimum atomic E-state index is -1.30. The van der Waals surface area contributed by atoms with Crippen molar-refractivity contribution in [1.29, 1.82) is 5.41 Å². The van der Waals surface area contributed by atoms with Gasteiger partial charge >= 0.3 is 0 Å². The number of aliphatic imine (C=N–C) groups is 1. The standard InChI is InChI=1S/C8H13F2N3/c1-6(9)4-13-7(10)3-8(2,12)5-11/h3-6,11H,12H2,1-2H3/b7-3-,11-5?,13-4-.